The quantitative estimate of drug-likeness (QED) is 0.869. The highest BCUT2D eigenvalue weighted by molar-refractivity contribution is 7.07. The van der Waals surface area contributed by atoms with Crippen molar-refractivity contribution in [3.05, 3.63) is 16.6 Å². The van der Waals surface area contributed by atoms with Gasteiger partial charge in [-0.05, 0) is 50.0 Å². The molecule has 3 heteroatoms. The van der Waals surface area contributed by atoms with Crippen LogP contribution in [0.2, 0.25) is 0 Å². The molecule has 0 spiro atoms. The minimum Gasteiger partial charge on any atom is -0.330 e. The van der Waals surface area contributed by atoms with Crippen LogP contribution in [0.5, 0.6) is 0 Å². The lowest BCUT2D eigenvalue weighted by molar-refractivity contribution is 0.150. The predicted octanol–water partition coefficient (Wildman–Crippen LogP) is 3.62. The van der Waals surface area contributed by atoms with E-state index >= 15 is 0 Å². The fourth-order valence-electron chi connectivity index (χ4n) is 3.15. The Balaban J connectivity index is 1.93. The molecule has 2 N–H and O–H groups in total. The number of rotatable bonds is 5. The lowest BCUT2D eigenvalue weighted by Crippen LogP contribution is -2.37. The molecule has 0 atom stereocenters. The number of nitrogens with two attached hydrogens (primary N) is 1. The molecule has 1 aromatic heterocycles. The third-order valence-electron chi connectivity index (χ3n) is 4.34. The van der Waals surface area contributed by atoms with Crippen molar-refractivity contribution in [3.8, 4) is 0 Å². The highest BCUT2D eigenvalue weighted by atomic mass is 32.1. The Hall–Kier alpha value is -0.410. The molecule has 96 valence electrons. The average molecular weight is 252 g/mol. The summed E-state index contributed by atoms with van der Waals surface area (Å²) in [4.78, 5) is 4.42. The molecule has 17 heavy (non-hydrogen) atoms. The molecule has 0 radical (unpaired) electrons. The van der Waals surface area contributed by atoms with Crippen LogP contribution in [0, 0.1) is 11.3 Å². The van der Waals surface area contributed by atoms with Gasteiger partial charge in [-0.25, -0.2) is 4.98 Å². The van der Waals surface area contributed by atoms with E-state index in [1.165, 1.54) is 44.2 Å². The largest absolute Gasteiger partial charge is 0.330 e. The number of nitrogens with zero attached hydrogens (tertiary/aromatic N) is 1. The summed E-state index contributed by atoms with van der Waals surface area (Å²) in [5.41, 5.74) is 9.57. The van der Waals surface area contributed by atoms with Crippen LogP contribution in [-0.2, 0) is 6.42 Å². The minimum atomic E-state index is 0.346. The molecule has 1 aliphatic rings. The second-order valence-electron chi connectivity index (χ2n) is 5.59. The van der Waals surface area contributed by atoms with E-state index in [1.54, 1.807) is 11.3 Å². The van der Waals surface area contributed by atoms with E-state index in [0.717, 1.165) is 18.9 Å². The Kier molecular flexibility index (Phi) is 4.57. The SMILES string of the molecule is CCCC1CCC(CN)(Cc2cscn2)CC1. The normalized spacial score (nSPS) is 29.4. The van der Waals surface area contributed by atoms with Gasteiger partial charge in [-0.2, -0.15) is 0 Å². The summed E-state index contributed by atoms with van der Waals surface area (Å²) >= 11 is 1.69. The summed E-state index contributed by atoms with van der Waals surface area (Å²) in [7, 11) is 0. The van der Waals surface area contributed by atoms with E-state index in [4.69, 9.17) is 5.73 Å². The molecule has 1 saturated carbocycles. The molecule has 2 nitrogen and oxygen atoms in total. The third kappa shape index (κ3) is 3.29. The van der Waals surface area contributed by atoms with Crippen LogP contribution in [0.25, 0.3) is 0 Å². The molecule has 1 aliphatic carbocycles. The van der Waals surface area contributed by atoms with Crippen molar-refractivity contribution < 1.29 is 0 Å². The average Bonchev–Trinajstić information content (AvgIpc) is 2.85. The summed E-state index contributed by atoms with van der Waals surface area (Å²) in [6.07, 6.45) is 9.15. The van der Waals surface area contributed by atoms with Crippen molar-refractivity contribution >= 4 is 11.3 Å². The Bertz CT molecular complexity index is 313. The molecule has 0 aliphatic heterocycles. The summed E-state index contributed by atoms with van der Waals surface area (Å²) in [5, 5.41) is 2.18. The first kappa shape index (κ1) is 13.0. The van der Waals surface area contributed by atoms with E-state index in [-0.39, 0.29) is 0 Å². The van der Waals surface area contributed by atoms with Crippen molar-refractivity contribution in [3.63, 3.8) is 0 Å². The summed E-state index contributed by atoms with van der Waals surface area (Å²) in [5.74, 6) is 0.954. The van der Waals surface area contributed by atoms with E-state index in [1.807, 2.05) is 5.51 Å². The van der Waals surface area contributed by atoms with Crippen LogP contribution in [0.4, 0.5) is 0 Å². The van der Waals surface area contributed by atoms with Crippen LogP contribution in [0.15, 0.2) is 10.9 Å². The van der Waals surface area contributed by atoms with Gasteiger partial charge < -0.3 is 5.73 Å². The maximum atomic E-state index is 6.05. The second-order valence-corrected chi connectivity index (χ2v) is 6.31. The fraction of sp³-hybridized carbons (Fsp3) is 0.786. The van der Waals surface area contributed by atoms with Gasteiger partial charge in [0, 0.05) is 5.38 Å². The van der Waals surface area contributed by atoms with E-state index in [9.17, 15) is 0 Å². The Morgan fingerprint density at radius 1 is 1.47 bits per heavy atom. The van der Waals surface area contributed by atoms with Gasteiger partial charge in [0.05, 0.1) is 11.2 Å². The number of hydrogen-bond acceptors (Lipinski definition) is 3. The van der Waals surface area contributed by atoms with Crippen LogP contribution < -0.4 is 5.73 Å². The standard InChI is InChI=1S/C14H24N2S/c1-2-3-12-4-6-14(10-15,7-5-12)8-13-9-17-11-16-13/h9,11-12H,2-8,10,15H2,1H3. The maximum Gasteiger partial charge on any atom is 0.0794 e. The zero-order valence-electron chi connectivity index (χ0n) is 10.8. The molecule has 0 bridgehead atoms. The van der Waals surface area contributed by atoms with Gasteiger partial charge in [-0.15, -0.1) is 11.3 Å². The summed E-state index contributed by atoms with van der Waals surface area (Å²) in [6.45, 7) is 3.11. The maximum absolute atomic E-state index is 6.05. The monoisotopic (exact) mass is 252 g/mol. The van der Waals surface area contributed by atoms with Crippen molar-refractivity contribution in [1.82, 2.24) is 4.98 Å². The molecular weight excluding hydrogens is 228 g/mol. The van der Waals surface area contributed by atoms with Gasteiger partial charge in [-0.3, -0.25) is 0 Å². The highest BCUT2D eigenvalue weighted by Gasteiger charge is 2.34. The first-order valence-electron chi connectivity index (χ1n) is 6.85. The zero-order valence-corrected chi connectivity index (χ0v) is 11.6. The Labute approximate surface area is 109 Å². The Morgan fingerprint density at radius 2 is 2.24 bits per heavy atom. The van der Waals surface area contributed by atoms with Gasteiger partial charge in [0.15, 0.2) is 0 Å². The smallest absolute Gasteiger partial charge is 0.0794 e. The van der Waals surface area contributed by atoms with Crippen molar-refractivity contribution in [2.45, 2.75) is 51.9 Å². The first-order valence-corrected chi connectivity index (χ1v) is 7.79. The van der Waals surface area contributed by atoms with Gasteiger partial charge in [0.1, 0.15) is 0 Å². The second kappa shape index (κ2) is 5.96. The minimum absolute atomic E-state index is 0.346. The number of aromatic nitrogens is 1. The summed E-state index contributed by atoms with van der Waals surface area (Å²) in [6, 6.07) is 0. The molecule has 0 unspecified atom stereocenters. The van der Waals surface area contributed by atoms with E-state index in [0.29, 0.717) is 5.41 Å². The topological polar surface area (TPSA) is 38.9 Å². The van der Waals surface area contributed by atoms with Gasteiger partial charge >= 0.3 is 0 Å². The zero-order chi connectivity index (χ0) is 12.1. The van der Waals surface area contributed by atoms with E-state index in [2.05, 4.69) is 17.3 Å². The van der Waals surface area contributed by atoms with E-state index < -0.39 is 0 Å². The van der Waals surface area contributed by atoms with Crippen molar-refractivity contribution in [2.75, 3.05) is 6.54 Å². The number of thiazole rings is 1. The first-order chi connectivity index (χ1) is 8.28. The van der Waals surface area contributed by atoms with Crippen LogP contribution >= 0.6 is 11.3 Å². The molecule has 0 saturated heterocycles. The number of hydrogen-bond donors (Lipinski definition) is 1. The van der Waals surface area contributed by atoms with Gasteiger partial charge in [0.25, 0.3) is 0 Å². The molecule has 1 heterocycles. The highest BCUT2D eigenvalue weighted by Crippen LogP contribution is 2.41. The fourth-order valence-corrected chi connectivity index (χ4v) is 3.71. The van der Waals surface area contributed by atoms with Crippen molar-refractivity contribution in [2.24, 2.45) is 17.1 Å². The third-order valence-corrected chi connectivity index (χ3v) is 4.97. The molecule has 1 fully saturated rings. The lowest BCUT2D eigenvalue weighted by atomic mass is 9.67. The molecule has 0 aromatic carbocycles. The molecule has 0 amide bonds. The summed E-state index contributed by atoms with van der Waals surface area (Å²) < 4.78 is 0. The van der Waals surface area contributed by atoms with Gasteiger partial charge in [0.2, 0.25) is 0 Å². The molecular formula is C14H24N2S. The lowest BCUT2D eigenvalue weighted by Gasteiger charge is -2.39. The van der Waals surface area contributed by atoms with Crippen LogP contribution in [0.1, 0.15) is 51.1 Å². The molecule has 2 rings (SSSR count). The van der Waals surface area contributed by atoms with Gasteiger partial charge in [-0.1, -0.05) is 19.8 Å². The van der Waals surface area contributed by atoms with Crippen molar-refractivity contribution in [1.29, 1.82) is 0 Å². The van der Waals surface area contributed by atoms with Crippen LogP contribution in [-0.4, -0.2) is 11.5 Å². The van der Waals surface area contributed by atoms with Crippen LogP contribution in [0.3, 0.4) is 0 Å². The Morgan fingerprint density at radius 3 is 2.76 bits per heavy atom. The predicted molar refractivity (Wildman–Crippen MR) is 74.2 cm³/mol. The molecule has 1 aromatic rings.